The molecule has 0 saturated carbocycles. The van der Waals surface area contributed by atoms with E-state index in [-0.39, 0.29) is 11.7 Å². The molecule has 0 spiro atoms. The molecule has 2 aromatic rings. The van der Waals surface area contributed by atoms with Crippen LogP contribution in [0.5, 0.6) is 11.5 Å². The molecule has 0 aromatic heterocycles. The van der Waals surface area contributed by atoms with Crippen LogP contribution in [-0.4, -0.2) is 23.3 Å². The molecule has 1 aliphatic rings. The Kier molecular flexibility index (Phi) is 5.51. The molecular weight excluding hydrogens is 472 g/mol. The van der Waals surface area contributed by atoms with Gasteiger partial charge in [0.25, 0.3) is 5.91 Å². The van der Waals surface area contributed by atoms with E-state index >= 15 is 0 Å². The van der Waals surface area contributed by atoms with Gasteiger partial charge in [0.05, 0.1) is 22.2 Å². The smallest absolute Gasteiger partial charge is 0.264 e. The summed E-state index contributed by atoms with van der Waals surface area (Å²) in [6, 6.07) is 10.9. The number of aromatic hydroxyl groups is 1. The van der Waals surface area contributed by atoms with Gasteiger partial charge in [0.15, 0.2) is 16.7 Å². The molecule has 3 rings (SSSR count). The van der Waals surface area contributed by atoms with E-state index in [9.17, 15) is 9.90 Å². The van der Waals surface area contributed by atoms with Gasteiger partial charge in [-0.2, -0.15) is 0 Å². The molecule has 5 nitrogen and oxygen atoms in total. The predicted octanol–water partition coefficient (Wildman–Crippen LogP) is 4.82. The highest BCUT2D eigenvalue weighted by Gasteiger charge is 2.24. The molecule has 0 radical (unpaired) electrons. The molecule has 8 heteroatoms. The van der Waals surface area contributed by atoms with E-state index in [1.165, 1.54) is 18.9 Å². The number of hydrogen-bond donors (Lipinski definition) is 2. The summed E-state index contributed by atoms with van der Waals surface area (Å²) in [5.74, 6) is 0.128. The quantitative estimate of drug-likeness (QED) is 0.614. The molecule has 1 amide bonds. The van der Waals surface area contributed by atoms with Crippen LogP contribution in [0.2, 0.25) is 0 Å². The van der Waals surface area contributed by atoms with Gasteiger partial charge >= 0.3 is 0 Å². The van der Waals surface area contributed by atoms with E-state index in [0.29, 0.717) is 20.3 Å². The standard InChI is InChI=1S/C17H12Br2N2O3S/c1-24-13-7-9(6-12(19)15(13)22)8-14-16(23)21-17(25-14)20-11-4-2-10(18)3-5-11/h2-8,22H,1H3,(H,20,21,23)/b14-8-. The largest absolute Gasteiger partial charge is 0.503 e. The summed E-state index contributed by atoms with van der Waals surface area (Å²) in [6.07, 6.45) is 1.72. The van der Waals surface area contributed by atoms with Crippen molar-refractivity contribution >= 4 is 66.5 Å². The van der Waals surface area contributed by atoms with Gasteiger partial charge in [0, 0.05) is 4.47 Å². The van der Waals surface area contributed by atoms with E-state index < -0.39 is 0 Å². The second kappa shape index (κ2) is 7.63. The fraction of sp³-hybridized carbons (Fsp3) is 0.0588. The summed E-state index contributed by atoms with van der Waals surface area (Å²) >= 11 is 7.90. The molecule has 1 fully saturated rings. The van der Waals surface area contributed by atoms with E-state index in [4.69, 9.17) is 4.74 Å². The number of thioether (sulfide) groups is 1. The number of benzene rings is 2. The molecule has 1 aliphatic heterocycles. The van der Waals surface area contributed by atoms with E-state index in [2.05, 4.69) is 42.2 Å². The third-order valence-electron chi connectivity index (χ3n) is 3.28. The van der Waals surface area contributed by atoms with Crippen LogP contribution >= 0.6 is 43.6 Å². The van der Waals surface area contributed by atoms with Crippen molar-refractivity contribution in [2.24, 2.45) is 4.99 Å². The normalized spacial score (nSPS) is 17.2. The van der Waals surface area contributed by atoms with Gasteiger partial charge in [-0.15, -0.1) is 0 Å². The average molecular weight is 484 g/mol. The van der Waals surface area contributed by atoms with Crippen molar-refractivity contribution in [2.45, 2.75) is 0 Å². The highest BCUT2D eigenvalue weighted by molar-refractivity contribution is 9.10. The van der Waals surface area contributed by atoms with Crippen LogP contribution in [0.15, 0.2) is 55.2 Å². The number of aliphatic imine (C=N–C) groups is 1. The summed E-state index contributed by atoms with van der Waals surface area (Å²) < 4.78 is 6.58. The third-order valence-corrected chi connectivity index (χ3v) is 5.32. The number of phenols is 1. The fourth-order valence-electron chi connectivity index (χ4n) is 2.10. The first kappa shape index (κ1) is 18.0. The first-order valence-electron chi connectivity index (χ1n) is 7.08. The molecular formula is C17H12Br2N2O3S. The number of amides is 1. The van der Waals surface area contributed by atoms with E-state index in [0.717, 1.165) is 15.7 Å². The Hall–Kier alpha value is -1.77. The minimum atomic E-state index is -0.218. The maximum absolute atomic E-state index is 12.2. The number of hydrogen-bond acceptors (Lipinski definition) is 5. The minimum Gasteiger partial charge on any atom is -0.503 e. The summed E-state index contributed by atoms with van der Waals surface area (Å²) in [5, 5.41) is 13.1. The first-order valence-corrected chi connectivity index (χ1v) is 9.48. The Bertz CT molecular complexity index is 896. The molecule has 1 heterocycles. The van der Waals surface area contributed by atoms with Crippen molar-refractivity contribution in [2.75, 3.05) is 7.11 Å². The predicted molar refractivity (Wildman–Crippen MR) is 107 cm³/mol. The lowest BCUT2D eigenvalue weighted by Gasteiger charge is -2.06. The van der Waals surface area contributed by atoms with Gasteiger partial charge in [0.1, 0.15) is 0 Å². The lowest BCUT2D eigenvalue weighted by atomic mass is 10.2. The van der Waals surface area contributed by atoms with Gasteiger partial charge < -0.3 is 15.2 Å². The molecule has 0 unspecified atom stereocenters. The van der Waals surface area contributed by atoms with Gasteiger partial charge in [-0.1, -0.05) is 15.9 Å². The topological polar surface area (TPSA) is 70.9 Å². The Morgan fingerprint density at radius 2 is 1.96 bits per heavy atom. The number of amidine groups is 1. The maximum atomic E-state index is 12.2. The number of methoxy groups -OCH3 is 1. The number of rotatable bonds is 3. The molecule has 25 heavy (non-hydrogen) atoms. The Balaban J connectivity index is 1.86. The molecule has 0 bridgehead atoms. The van der Waals surface area contributed by atoms with Crippen molar-refractivity contribution in [3.63, 3.8) is 0 Å². The molecule has 0 atom stereocenters. The van der Waals surface area contributed by atoms with Crippen molar-refractivity contribution in [3.05, 3.63) is 55.8 Å². The van der Waals surface area contributed by atoms with Gasteiger partial charge in [-0.05, 0) is 75.7 Å². The summed E-state index contributed by atoms with van der Waals surface area (Å²) in [6.45, 7) is 0. The van der Waals surface area contributed by atoms with Crippen LogP contribution in [0.4, 0.5) is 5.69 Å². The zero-order chi connectivity index (χ0) is 18.0. The van der Waals surface area contributed by atoms with Crippen LogP contribution in [0.1, 0.15) is 5.56 Å². The van der Waals surface area contributed by atoms with Crippen LogP contribution in [0, 0.1) is 0 Å². The summed E-state index contributed by atoms with van der Waals surface area (Å²) in [5.41, 5.74) is 1.48. The van der Waals surface area contributed by atoms with E-state index in [1.54, 1.807) is 18.2 Å². The number of nitrogens with zero attached hydrogens (tertiary/aromatic N) is 1. The van der Waals surface area contributed by atoms with Crippen molar-refractivity contribution in [1.82, 2.24) is 5.32 Å². The van der Waals surface area contributed by atoms with E-state index in [1.807, 2.05) is 24.3 Å². The Labute approximate surface area is 165 Å². The highest BCUT2D eigenvalue weighted by Crippen LogP contribution is 2.37. The monoisotopic (exact) mass is 482 g/mol. The van der Waals surface area contributed by atoms with Crippen LogP contribution in [0.3, 0.4) is 0 Å². The molecule has 2 N–H and O–H groups in total. The number of ether oxygens (including phenoxy) is 1. The van der Waals surface area contributed by atoms with Gasteiger partial charge in [-0.25, -0.2) is 4.99 Å². The SMILES string of the molecule is COc1cc(/C=C2\SC(=Nc3ccc(Br)cc3)NC2=O)cc(Br)c1O. The third kappa shape index (κ3) is 4.26. The van der Waals surface area contributed by atoms with Gasteiger partial charge in [-0.3, -0.25) is 4.79 Å². The lowest BCUT2D eigenvalue weighted by molar-refractivity contribution is -0.115. The lowest BCUT2D eigenvalue weighted by Crippen LogP contribution is -2.19. The first-order chi connectivity index (χ1) is 12.0. The van der Waals surface area contributed by atoms with Crippen molar-refractivity contribution < 1.29 is 14.6 Å². The van der Waals surface area contributed by atoms with Crippen molar-refractivity contribution in [3.8, 4) is 11.5 Å². The number of carbonyl (C=O) groups excluding carboxylic acids is 1. The number of carbonyl (C=O) groups is 1. The fourth-order valence-corrected chi connectivity index (χ4v) is 3.66. The maximum Gasteiger partial charge on any atom is 0.264 e. The van der Waals surface area contributed by atoms with Crippen LogP contribution in [0.25, 0.3) is 6.08 Å². The van der Waals surface area contributed by atoms with Gasteiger partial charge in [0.2, 0.25) is 0 Å². The zero-order valence-corrected chi connectivity index (χ0v) is 16.9. The highest BCUT2D eigenvalue weighted by atomic mass is 79.9. The molecule has 0 aliphatic carbocycles. The second-order valence-electron chi connectivity index (χ2n) is 5.01. The molecule has 2 aromatic carbocycles. The molecule has 1 saturated heterocycles. The summed E-state index contributed by atoms with van der Waals surface area (Å²) in [4.78, 5) is 17.1. The Morgan fingerprint density at radius 3 is 2.64 bits per heavy atom. The zero-order valence-electron chi connectivity index (χ0n) is 12.9. The minimum absolute atomic E-state index is 0.0191. The van der Waals surface area contributed by atoms with Crippen molar-refractivity contribution in [1.29, 1.82) is 0 Å². The summed E-state index contributed by atoms with van der Waals surface area (Å²) in [7, 11) is 1.47. The number of halogens is 2. The number of phenolic OH excluding ortho intramolecular Hbond substituents is 1. The van der Waals surface area contributed by atoms with Crippen LogP contribution < -0.4 is 10.1 Å². The Morgan fingerprint density at radius 1 is 1.24 bits per heavy atom. The number of nitrogens with one attached hydrogen (secondary N) is 1. The van der Waals surface area contributed by atoms with Crippen LogP contribution in [-0.2, 0) is 4.79 Å². The average Bonchev–Trinajstić information content (AvgIpc) is 2.92. The molecule has 128 valence electrons. The second-order valence-corrected chi connectivity index (χ2v) is 7.81.